The first-order chi connectivity index (χ1) is 11.2. The number of allylic oxidation sites excluding steroid dienone is 1. The first-order valence-electron chi connectivity index (χ1n) is 6.93. The van der Waals surface area contributed by atoms with Crippen LogP contribution < -0.4 is 0 Å². The summed E-state index contributed by atoms with van der Waals surface area (Å²) >= 11 is 0. The lowest BCUT2D eigenvalue weighted by atomic mass is 9.99. The van der Waals surface area contributed by atoms with Crippen molar-refractivity contribution < 1.29 is 41.3 Å². The molecule has 1 N–H and O–H groups in total. The van der Waals surface area contributed by atoms with Crippen molar-refractivity contribution >= 4 is 0 Å². The molecule has 2 aliphatic carbocycles. The van der Waals surface area contributed by atoms with Gasteiger partial charge in [-0.2, -0.15) is 26.3 Å². The van der Waals surface area contributed by atoms with Crippen LogP contribution in [0.15, 0.2) is 12.3 Å². The molecule has 0 aliphatic heterocycles. The minimum absolute atomic E-state index is 0.0408. The van der Waals surface area contributed by atoms with Crippen LogP contribution in [0.3, 0.4) is 0 Å². The minimum atomic E-state index is -4.54. The zero-order valence-corrected chi connectivity index (χ0v) is 12.5. The lowest BCUT2D eigenvalue weighted by molar-refractivity contribution is -0.496. The smallest absolute Gasteiger partial charge is 0.385 e. The van der Waals surface area contributed by atoms with E-state index in [1.807, 2.05) is 0 Å². The zero-order chi connectivity index (χ0) is 19.7. The Kier molecular flexibility index (Phi) is 5.72. The fourth-order valence-electron chi connectivity index (χ4n) is 2.14. The van der Waals surface area contributed by atoms with Gasteiger partial charge in [-0.05, 0) is 25.7 Å². The standard InChI is InChI=1S/C6H8F3NO3.C6H6F3NO2/c7-6(8,9)5(1-2-5)4(11)3-10(12)13;7-6(8,9)5(1-2-5)3-4-10(11)12/h4,11H,1-3H2;3-4H,1-2H2/b;4-3+. The van der Waals surface area contributed by atoms with Gasteiger partial charge in [-0.3, -0.25) is 20.2 Å². The van der Waals surface area contributed by atoms with Crippen LogP contribution in [0.25, 0.3) is 0 Å². The molecule has 0 aromatic rings. The Morgan fingerprint density at radius 1 is 1.00 bits per heavy atom. The molecule has 0 amide bonds. The number of aliphatic hydroxyl groups excluding tert-OH is 1. The molecule has 0 radical (unpaired) electrons. The number of rotatable bonds is 5. The number of hydrogen-bond acceptors (Lipinski definition) is 5. The lowest BCUT2D eigenvalue weighted by Crippen LogP contribution is -2.40. The van der Waals surface area contributed by atoms with E-state index in [1.165, 1.54) is 0 Å². The van der Waals surface area contributed by atoms with E-state index >= 15 is 0 Å². The first kappa shape index (κ1) is 21.1. The summed E-state index contributed by atoms with van der Waals surface area (Å²) in [4.78, 5) is 17.8. The van der Waals surface area contributed by atoms with E-state index in [-0.39, 0.29) is 25.7 Å². The quantitative estimate of drug-likeness (QED) is 0.448. The first-order valence-corrected chi connectivity index (χ1v) is 6.93. The third-order valence-electron chi connectivity index (χ3n) is 4.18. The van der Waals surface area contributed by atoms with E-state index in [1.54, 1.807) is 0 Å². The third kappa shape index (κ3) is 5.03. The van der Waals surface area contributed by atoms with Crippen molar-refractivity contribution in [3.05, 3.63) is 32.5 Å². The molecular formula is C12H14F6N2O5. The maximum atomic E-state index is 12.2. The Morgan fingerprint density at radius 3 is 1.72 bits per heavy atom. The predicted octanol–water partition coefficient (Wildman–Crippen LogP) is 3.09. The molecular weight excluding hydrogens is 366 g/mol. The monoisotopic (exact) mass is 380 g/mol. The van der Waals surface area contributed by atoms with E-state index in [4.69, 9.17) is 5.11 Å². The van der Waals surface area contributed by atoms with Crippen LogP contribution in [-0.4, -0.2) is 40.0 Å². The molecule has 13 heteroatoms. The molecule has 2 rings (SSSR count). The third-order valence-corrected chi connectivity index (χ3v) is 4.18. The molecule has 0 aromatic heterocycles. The highest BCUT2D eigenvalue weighted by atomic mass is 19.4. The van der Waals surface area contributed by atoms with E-state index < -0.39 is 45.7 Å². The van der Waals surface area contributed by atoms with Crippen molar-refractivity contribution in [1.29, 1.82) is 0 Å². The molecule has 0 heterocycles. The fraction of sp³-hybridized carbons (Fsp3) is 0.833. The highest BCUT2D eigenvalue weighted by Gasteiger charge is 2.68. The molecule has 0 spiro atoms. The van der Waals surface area contributed by atoms with Crippen LogP contribution in [0.5, 0.6) is 0 Å². The van der Waals surface area contributed by atoms with E-state index in [0.29, 0.717) is 12.3 Å². The largest absolute Gasteiger partial charge is 0.398 e. The molecule has 0 bridgehead atoms. The molecule has 0 saturated heterocycles. The average Bonchev–Trinajstić information content (AvgIpc) is 3.27. The van der Waals surface area contributed by atoms with Crippen molar-refractivity contribution in [1.82, 2.24) is 0 Å². The highest BCUT2D eigenvalue weighted by Crippen LogP contribution is 2.60. The number of hydrogen-bond donors (Lipinski definition) is 1. The maximum absolute atomic E-state index is 12.2. The second-order valence-electron chi connectivity index (χ2n) is 5.94. The number of halogens is 6. The Labute approximate surface area is 136 Å². The molecule has 7 nitrogen and oxygen atoms in total. The van der Waals surface area contributed by atoms with Gasteiger partial charge in [-0.15, -0.1) is 0 Å². The molecule has 2 aliphatic rings. The van der Waals surface area contributed by atoms with E-state index in [9.17, 15) is 46.6 Å². The van der Waals surface area contributed by atoms with Crippen molar-refractivity contribution in [2.45, 2.75) is 44.1 Å². The summed E-state index contributed by atoms with van der Waals surface area (Å²) in [6.07, 6.45) is -10.3. The van der Waals surface area contributed by atoms with Gasteiger partial charge in [0.15, 0.2) is 0 Å². The van der Waals surface area contributed by atoms with Crippen molar-refractivity contribution in [2.24, 2.45) is 10.8 Å². The summed E-state index contributed by atoms with van der Waals surface area (Å²) in [6.45, 7) is -1.04. The van der Waals surface area contributed by atoms with Crippen LogP contribution in [0, 0.1) is 31.1 Å². The summed E-state index contributed by atoms with van der Waals surface area (Å²) in [5.41, 5.74) is -4.11. The molecule has 144 valence electrons. The van der Waals surface area contributed by atoms with E-state index in [2.05, 4.69) is 0 Å². The Bertz CT molecular complexity index is 551. The van der Waals surface area contributed by atoms with Crippen molar-refractivity contribution in [3.63, 3.8) is 0 Å². The summed E-state index contributed by atoms with van der Waals surface area (Å²) in [7, 11) is 0. The van der Waals surface area contributed by atoms with Gasteiger partial charge in [0.1, 0.15) is 6.10 Å². The molecule has 2 saturated carbocycles. The molecule has 25 heavy (non-hydrogen) atoms. The van der Waals surface area contributed by atoms with Crippen LogP contribution in [0.2, 0.25) is 0 Å². The summed E-state index contributed by atoms with van der Waals surface area (Å²) in [6, 6.07) is 0. The molecule has 2 fully saturated rings. The SMILES string of the molecule is O=[N+]([O-])/C=C/C1(C(F)(F)F)CC1.O=[N+]([O-])CC(O)C1(C(F)(F)F)CC1. The summed E-state index contributed by atoms with van der Waals surface area (Å²) < 4.78 is 72.9. The van der Waals surface area contributed by atoms with Gasteiger partial charge in [-0.25, -0.2) is 0 Å². The molecule has 0 aromatic carbocycles. The predicted molar refractivity (Wildman–Crippen MR) is 69.4 cm³/mol. The Morgan fingerprint density at radius 2 is 1.48 bits per heavy atom. The Balaban J connectivity index is 0.000000251. The fourth-order valence-corrected chi connectivity index (χ4v) is 2.14. The second-order valence-corrected chi connectivity index (χ2v) is 5.94. The van der Waals surface area contributed by atoms with Gasteiger partial charge in [0.25, 0.3) is 0 Å². The van der Waals surface area contributed by atoms with Crippen LogP contribution in [-0.2, 0) is 0 Å². The second kappa shape index (κ2) is 6.77. The van der Waals surface area contributed by atoms with Crippen LogP contribution >= 0.6 is 0 Å². The minimum Gasteiger partial charge on any atom is -0.385 e. The number of nitro groups is 2. The zero-order valence-electron chi connectivity index (χ0n) is 12.5. The number of nitrogens with zero attached hydrogens (tertiary/aromatic N) is 2. The van der Waals surface area contributed by atoms with Gasteiger partial charge in [-0.1, -0.05) is 0 Å². The van der Waals surface area contributed by atoms with Gasteiger partial charge < -0.3 is 5.11 Å². The highest BCUT2D eigenvalue weighted by molar-refractivity contribution is 5.11. The van der Waals surface area contributed by atoms with Gasteiger partial charge >= 0.3 is 12.4 Å². The van der Waals surface area contributed by atoms with E-state index in [0.717, 1.165) is 0 Å². The lowest BCUT2D eigenvalue weighted by Gasteiger charge is -2.21. The van der Waals surface area contributed by atoms with Crippen LogP contribution in [0.4, 0.5) is 26.3 Å². The molecule has 1 unspecified atom stereocenters. The molecule has 1 atom stereocenters. The maximum Gasteiger partial charge on any atom is 0.398 e. The number of aliphatic hydroxyl groups is 1. The Hall–Kier alpha value is -1.92. The topological polar surface area (TPSA) is 107 Å². The van der Waals surface area contributed by atoms with Crippen LogP contribution in [0.1, 0.15) is 25.7 Å². The normalized spacial score (nSPS) is 21.9. The average molecular weight is 380 g/mol. The van der Waals surface area contributed by atoms with Crippen molar-refractivity contribution in [3.8, 4) is 0 Å². The van der Waals surface area contributed by atoms with Gasteiger partial charge in [0.05, 0.1) is 15.8 Å². The summed E-state index contributed by atoms with van der Waals surface area (Å²) in [5.74, 6) is 0. The van der Waals surface area contributed by atoms with Gasteiger partial charge in [0.2, 0.25) is 12.7 Å². The number of alkyl halides is 6. The van der Waals surface area contributed by atoms with Crippen molar-refractivity contribution in [2.75, 3.05) is 6.54 Å². The van der Waals surface area contributed by atoms with Gasteiger partial charge in [0, 0.05) is 11.0 Å². The summed E-state index contributed by atoms with van der Waals surface area (Å²) in [5, 5.41) is 28.6.